The molecule has 0 saturated carbocycles. The van der Waals surface area contributed by atoms with E-state index in [1.807, 2.05) is 39.6 Å². The lowest BCUT2D eigenvalue weighted by atomic mass is 9.84. The fourth-order valence-electron chi connectivity index (χ4n) is 8.03. The van der Waals surface area contributed by atoms with E-state index in [1.54, 1.807) is 50.4 Å². The maximum atomic E-state index is 14.9. The van der Waals surface area contributed by atoms with Crippen LogP contribution in [0.2, 0.25) is 0 Å². The third-order valence-corrected chi connectivity index (χ3v) is 12.9. The number of aromatic nitrogens is 1. The molecule has 3 N–H and O–H groups in total. The van der Waals surface area contributed by atoms with Gasteiger partial charge in [0, 0.05) is 51.4 Å². The van der Waals surface area contributed by atoms with Crippen LogP contribution in [0.3, 0.4) is 0 Å². The summed E-state index contributed by atoms with van der Waals surface area (Å²) >= 11 is 1.17. The van der Waals surface area contributed by atoms with Crippen LogP contribution in [0.15, 0.2) is 23.6 Å². The summed E-state index contributed by atoms with van der Waals surface area (Å²) in [5.41, 5.74) is -0.0289. The third-order valence-electron chi connectivity index (χ3n) is 12.0. The van der Waals surface area contributed by atoms with E-state index >= 15 is 0 Å². The first kappa shape index (κ1) is 51.2. The second-order valence-corrected chi connectivity index (χ2v) is 19.0. The molecule has 342 valence electrons. The molecule has 13 nitrogen and oxygen atoms in total. The molecule has 15 heteroatoms. The number of nitrogens with one attached hydrogen (secondary N) is 2. The molecule has 61 heavy (non-hydrogen) atoms. The summed E-state index contributed by atoms with van der Waals surface area (Å²) in [4.78, 5) is 77.7. The SMILES string of the molecule is CCCCCCN(C(=O)[C@@H](NC(=O)[C@H]1CCCCN1C)[C@@H](C)CC)[C@H](C[C@@H](OC(C)=O)c1nc(C(=O)NC(Cc2ccc(F)c(N(C)C)c2)CC(C)(C)C(=O)O)cs1)C(C)C. The fraction of sp³-hybridized carbons (Fsp3) is 0.696. The van der Waals surface area contributed by atoms with Gasteiger partial charge in [-0.15, -0.1) is 11.3 Å². The van der Waals surface area contributed by atoms with E-state index in [9.17, 15) is 33.5 Å². The lowest BCUT2D eigenvalue weighted by molar-refractivity contribution is -0.150. The number of halogens is 1. The minimum absolute atomic E-state index is 0.0733. The number of likely N-dealkylation sites (N-methyl/N-ethyl adjacent to an activating group) is 1. The average molecular weight is 873 g/mol. The highest BCUT2D eigenvalue weighted by molar-refractivity contribution is 7.09. The van der Waals surface area contributed by atoms with Gasteiger partial charge in [-0.3, -0.25) is 28.9 Å². The number of hydrogen-bond donors (Lipinski definition) is 3. The van der Waals surface area contributed by atoms with E-state index < -0.39 is 53.3 Å². The lowest BCUT2D eigenvalue weighted by Gasteiger charge is -2.40. The largest absolute Gasteiger partial charge is 0.481 e. The van der Waals surface area contributed by atoms with E-state index in [4.69, 9.17) is 4.74 Å². The first-order valence-electron chi connectivity index (χ1n) is 22.1. The van der Waals surface area contributed by atoms with E-state index in [2.05, 4.69) is 27.4 Å². The van der Waals surface area contributed by atoms with Crippen LogP contribution >= 0.6 is 11.3 Å². The van der Waals surface area contributed by atoms with Gasteiger partial charge < -0.3 is 30.3 Å². The fourth-order valence-corrected chi connectivity index (χ4v) is 8.87. The summed E-state index contributed by atoms with van der Waals surface area (Å²) in [5, 5.41) is 18.1. The number of amides is 3. The van der Waals surface area contributed by atoms with Crippen LogP contribution in [0.25, 0.3) is 0 Å². The Balaban J connectivity index is 1.96. The molecule has 1 fully saturated rings. The van der Waals surface area contributed by atoms with Crippen molar-refractivity contribution < 1.29 is 38.2 Å². The zero-order valence-corrected chi connectivity index (χ0v) is 39.3. The predicted octanol–water partition coefficient (Wildman–Crippen LogP) is 7.63. The van der Waals surface area contributed by atoms with Crippen LogP contribution in [-0.2, 0) is 30.3 Å². The molecule has 0 aliphatic carbocycles. The lowest BCUT2D eigenvalue weighted by Crippen LogP contribution is -2.59. The molecule has 1 aliphatic rings. The van der Waals surface area contributed by atoms with Gasteiger partial charge in [0.25, 0.3) is 5.91 Å². The third kappa shape index (κ3) is 15.0. The van der Waals surface area contributed by atoms with Crippen molar-refractivity contribution in [3.63, 3.8) is 0 Å². The number of carboxylic acid groups (broad SMARTS) is 1. The first-order chi connectivity index (χ1) is 28.7. The molecule has 1 aliphatic heterocycles. The predicted molar refractivity (Wildman–Crippen MR) is 239 cm³/mol. The highest BCUT2D eigenvalue weighted by Gasteiger charge is 2.39. The van der Waals surface area contributed by atoms with Crippen molar-refractivity contribution >= 4 is 46.7 Å². The summed E-state index contributed by atoms with van der Waals surface area (Å²) in [6.45, 7) is 16.0. The van der Waals surface area contributed by atoms with Gasteiger partial charge in [-0.05, 0) is 89.1 Å². The maximum Gasteiger partial charge on any atom is 0.309 e. The second-order valence-electron chi connectivity index (χ2n) is 18.1. The summed E-state index contributed by atoms with van der Waals surface area (Å²) in [7, 11) is 5.41. The topological polar surface area (TPSA) is 161 Å². The van der Waals surface area contributed by atoms with Crippen molar-refractivity contribution in [1.82, 2.24) is 25.4 Å². The Morgan fingerprint density at radius 1 is 1.07 bits per heavy atom. The minimum atomic E-state index is -1.19. The maximum absolute atomic E-state index is 14.9. The first-order valence-corrected chi connectivity index (χ1v) is 23.0. The number of ether oxygens (including phenoxy) is 1. The molecular weight excluding hydrogens is 800 g/mol. The van der Waals surface area contributed by atoms with Crippen molar-refractivity contribution in [3.05, 3.63) is 45.7 Å². The van der Waals surface area contributed by atoms with Crippen molar-refractivity contribution in [2.75, 3.05) is 39.1 Å². The number of anilines is 1. The van der Waals surface area contributed by atoms with Crippen LogP contribution in [0.1, 0.15) is 147 Å². The van der Waals surface area contributed by atoms with Gasteiger partial charge in [-0.25, -0.2) is 9.37 Å². The molecule has 1 saturated heterocycles. The highest BCUT2D eigenvalue weighted by atomic mass is 32.1. The van der Waals surface area contributed by atoms with E-state index in [0.717, 1.165) is 57.1 Å². The summed E-state index contributed by atoms with van der Waals surface area (Å²) in [6, 6.07) is 2.56. The number of nitrogens with zero attached hydrogens (tertiary/aromatic N) is 4. The van der Waals surface area contributed by atoms with Crippen LogP contribution in [0, 0.1) is 23.1 Å². The van der Waals surface area contributed by atoms with E-state index in [0.29, 0.717) is 23.7 Å². The molecule has 1 unspecified atom stereocenters. The molecule has 1 aromatic carbocycles. The number of rotatable bonds is 24. The molecule has 3 rings (SSSR count). The molecule has 6 atom stereocenters. The number of carbonyl (C=O) groups is 5. The van der Waals surface area contributed by atoms with Crippen LogP contribution in [0.5, 0.6) is 0 Å². The van der Waals surface area contributed by atoms with Gasteiger partial charge in [-0.2, -0.15) is 0 Å². The van der Waals surface area contributed by atoms with Crippen molar-refractivity contribution in [3.8, 4) is 0 Å². The van der Waals surface area contributed by atoms with Gasteiger partial charge in [0.15, 0.2) is 6.10 Å². The Morgan fingerprint density at radius 2 is 1.77 bits per heavy atom. The number of carboxylic acids is 1. The van der Waals surface area contributed by atoms with Crippen molar-refractivity contribution in [2.45, 2.75) is 156 Å². The second kappa shape index (κ2) is 23.9. The van der Waals surface area contributed by atoms with Gasteiger partial charge in [0.1, 0.15) is 22.6 Å². The van der Waals surface area contributed by atoms with Crippen LogP contribution in [0.4, 0.5) is 10.1 Å². The van der Waals surface area contributed by atoms with E-state index in [-0.39, 0.29) is 54.6 Å². The standard InChI is InChI=1S/C46H73FN6O7S/c1-12-14-15-17-23-53(44(57)40(30(5)13-2)50-42(56)36-19-16-18-22-52(36)11)37(29(3)4)26-39(60-31(6)54)43-49-35(28-61-43)41(55)48-33(27-46(7,8)45(58)59)24-32-20-21-34(47)38(25-32)51(9)10/h20-21,25,28-30,33,36-37,39-40H,12-19,22-24,26-27H2,1-11H3,(H,48,55)(H,50,56)(H,58,59)/t30-,33?,36+,37+,39+,40-/m0/s1. The number of esters is 1. The van der Waals surface area contributed by atoms with Gasteiger partial charge in [0.05, 0.1) is 17.1 Å². The Labute approximate surface area is 367 Å². The smallest absolute Gasteiger partial charge is 0.309 e. The number of hydrogen-bond acceptors (Lipinski definition) is 10. The summed E-state index contributed by atoms with van der Waals surface area (Å²) in [6.07, 6.45) is 6.81. The van der Waals surface area contributed by atoms with Crippen molar-refractivity contribution in [1.29, 1.82) is 0 Å². The summed E-state index contributed by atoms with van der Waals surface area (Å²) in [5.74, 6) is -3.00. The number of aliphatic carboxylic acids is 1. The number of thiazole rings is 1. The van der Waals surface area contributed by atoms with Crippen LogP contribution < -0.4 is 15.5 Å². The highest BCUT2D eigenvalue weighted by Crippen LogP contribution is 2.33. The normalized spacial score (nSPS) is 17.2. The van der Waals surface area contributed by atoms with Gasteiger partial charge in [-0.1, -0.05) is 72.8 Å². The van der Waals surface area contributed by atoms with E-state index in [1.165, 1.54) is 24.3 Å². The quantitative estimate of drug-likeness (QED) is 0.0707. The molecule has 0 bridgehead atoms. The Bertz CT molecular complexity index is 1770. The minimum Gasteiger partial charge on any atom is -0.481 e. The zero-order chi connectivity index (χ0) is 45.6. The number of benzene rings is 1. The number of piperidine rings is 1. The number of unbranched alkanes of at least 4 members (excludes halogenated alkanes) is 3. The molecule has 2 heterocycles. The summed E-state index contributed by atoms with van der Waals surface area (Å²) < 4.78 is 20.5. The molecule has 0 spiro atoms. The molecule has 0 radical (unpaired) electrons. The Morgan fingerprint density at radius 3 is 2.36 bits per heavy atom. The molecular formula is C46H73FN6O7S. The molecule has 3 amide bonds. The Hall–Kier alpha value is -4.11. The van der Waals surface area contributed by atoms with Crippen LogP contribution in [-0.4, -0.2) is 108 Å². The van der Waals surface area contributed by atoms with Crippen molar-refractivity contribution in [2.24, 2.45) is 17.3 Å². The molecule has 2 aromatic rings. The molecule has 1 aromatic heterocycles. The number of likely N-dealkylation sites (tertiary alicyclic amines) is 1. The van der Waals surface area contributed by atoms with Gasteiger partial charge >= 0.3 is 11.9 Å². The zero-order valence-electron chi connectivity index (χ0n) is 38.5. The monoisotopic (exact) mass is 873 g/mol. The average Bonchev–Trinajstić information content (AvgIpc) is 3.69. The van der Waals surface area contributed by atoms with Gasteiger partial charge in [0.2, 0.25) is 11.8 Å². The number of carbonyl (C=O) groups excluding carboxylic acids is 4. The Kier molecular flexibility index (Phi) is 20.1.